The third-order valence-corrected chi connectivity index (χ3v) is 6.78. The molecule has 3 aromatic rings. The molecule has 0 saturated carbocycles. The molecule has 12 heteroatoms. The summed E-state index contributed by atoms with van der Waals surface area (Å²) in [4.78, 5) is 23.9. The normalized spacial score (nSPS) is 10.9. The van der Waals surface area contributed by atoms with Gasteiger partial charge >= 0.3 is 0 Å². The Balaban J connectivity index is 1.78. The van der Waals surface area contributed by atoms with Crippen molar-refractivity contribution in [2.75, 3.05) is 29.9 Å². The van der Waals surface area contributed by atoms with Crippen molar-refractivity contribution in [2.24, 2.45) is 5.10 Å². The van der Waals surface area contributed by atoms with E-state index in [1.165, 1.54) is 56.6 Å². The van der Waals surface area contributed by atoms with Gasteiger partial charge in [-0.05, 0) is 78.4 Å². The molecule has 0 heterocycles. The number of anilines is 2. The Morgan fingerprint density at radius 3 is 2.21 bits per heavy atom. The van der Waals surface area contributed by atoms with Crippen LogP contribution in [0.15, 0.2) is 82.8 Å². The van der Waals surface area contributed by atoms with Gasteiger partial charge in [0, 0.05) is 12.6 Å². The monoisotopic (exact) mass is 535 g/mol. The fraction of sp³-hybridized carbons (Fsp3) is 0.154. The number of rotatable bonds is 11. The summed E-state index contributed by atoms with van der Waals surface area (Å²) in [6.07, 6.45) is 1.39. The minimum atomic E-state index is -4.17. The number of nitrogens with one attached hydrogen (secondary N) is 2. The number of carbonyl (C=O) groups is 2. The van der Waals surface area contributed by atoms with E-state index in [9.17, 15) is 18.0 Å². The quantitative estimate of drug-likeness (QED) is 0.283. The molecule has 38 heavy (non-hydrogen) atoms. The van der Waals surface area contributed by atoms with Crippen LogP contribution in [0.3, 0.4) is 0 Å². The van der Waals surface area contributed by atoms with Crippen LogP contribution in [0.25, 0.3) is 0 Å². The molecular weight excluding hydrogens is 510 g/mol. The summed E-state index contributed by atoms with van der Waals surface area (Å²) < 4.78 is 38.3. The Morgan fingerprint density at radius 1 is 1.00 bits per heavy atom. The maximum absolute atomic E-state index is 13.5. The third kappa shape index (κ3) is 7.55. The van der Waals surface area contributed by atoms with Gasteiger partial charge in [0.25, 0.3) is 15.9 Å². The largest absolute Gasteiger partial charge is 0.497 e. The molecule has 2 N–H and O–H groups in total. The number of hydrogen-bond donors (Lipinski definition) is 2. The summed E-state index contributed by atoms with van der Waals surface area (Å²) in [5.41, 5.74) is 3.66. The van der Waals surface area contributed by atoms with Gasteiger partial charge in [0.05, 0.1) is 23.9 Å². The summed E-state index contributed by atoms with van der Waals surface area (Å²) in [7, 11) is -2.69. The van der Waals surface area contributed by atoms with Crippen LogP contribution >= 0.6 is 0 Å². The lowest BCUT2D eigenvalue weighted by molar-refractivity contribution is -0.119. The Hall–Kier alpha value is -4.89. The van der Waals surface area contributed by atoms with Crippen molar-refractivity contribution in [3.05, 3.63) is 78.4 Å². The number of nitrogens with zero attached hydrogens (tertiary/aromatic N) is 3. The molecule has 0 bridgehead atoms. The molecule has 0 radical (unpaired) electrons. The highest BCUT2D eigenvalue weighted by molar-refractivity contribution is 7.92. The molecule has 11 nitrogen and oxygen atoms in total. The number of nitriles is 1. The standard InChI is InChI=1S/C26H25N5O6S/c1-19(32)29-21-5-13-25(14-6-21)38(34,35)31(22-7-11-23(36-2)12-8-22)18-26(33)30-28-17-20-3-9-24(10-4-20)37-16-15-27/h3-14,17H,16,18H2,1-2H3,(H,29,32)(H,30,33)/b28-17-. The smallest absolute Gasteiger partial charge is 0.264 e. The Labute approximate surface area is 220 Å². The number of benzene rings is 3. The van der Waals surface area contributed by atoms with E-state index < -0.39 is 22.5 Å². The molecule has 0 saturated heterocycles. The van der Waals surface area contributed by atoms with Crippen molar-refractivity contribution in [1.82, 2.24) is 5.43 Å². The number of hydrazone groups is 1. The average molecular weight is 536 g/mol. The van der Waals surface area contributed by atoms with E-state index in [0.717, 1.165) is 4.31 Å². The highest BCUT2D eigenvalue weighted by Gasteiger charge is 2.27. The molecule has 3 rings (SSSR count). The summed E-state index contributed by atoms with van der Waals surface area (Å²) >= 11 is 0. The number of ether oxygens (including phenoxy) is 2. The summed E-state index contributed by atoms with van der Waals surface area (Å²) in [6.45, 7) is 0.717. The summed E-state index contributed by atoms with van der Waals surface area (Å²) in [6, 6.07) is 20.4. The van der Waals surface area contributed by atoms with Crippen LogP contribution in [0.2, 0.25) is 0 Å². The van der Waals surface area contributed by atoms with E-state index in [-0.39, 0.29) is 23.1 Å². The Kier molecular flexibility index (Phi) is 9.39. The number of amides is 2. The van der Waals surface area contributed by atoms with Crippen LogP contribution in [0.5, 0.6) is 11.5 Å². The zero-order chi connectivity index (χ0) is 27.5. The molecular formula is C26H25N5O6S. The molecule has 0 fully saturated rings. The number of hydrogen-bond acceptors (Lipinski definition) is 8. The fourth-order valence-electron chi connectivity index (χ4n) is 3.21. The first-order valence-corrected chi connectivity index (χ1v) is 12.6. The lowest BCUT2D eigenvalue weighted by Crippen LogP contribution is -2.39. The van der Waals surface area contributed by atoms with Gasteiger partial charge in [-0.3, -0.25) is 13.9 Å². The Morgan fingerprint density at radius 2 is 1.63 bits per heavy atom. The number of methoxy groups -OCH3 is 1. The van der Waals surface area contributed by atoms with Crippen LogP contribution in [0.1, 0.15) is 12.5 Å². The average Bonchev–Trinajstić information content (AvgIpc) is 2.91. The molecule has 0 atom stereocenters. The molecule has 0 spiro atoms. The minimum absolute atomic E-state index is 0.0718. The Bertz CT molecular complexity index is 1430. The van der Waals surface area contributed by atoms with Gasteiger partial charge in [0.2, 0.25) is 5.91 Å². The summed E-state index contributed by atoms with van der Waals surface area (Å²) in [5.74, 6) is 0.0625. The predicted molar refractivity (Wildman–Crippen MR) is 142 cm³/mol. The lowest BCUT2D eigenvalue weighted by Gasteiger charge is -2.24. The number of carbonyl (C=O) groups excluding carboxylic acids is 2. The minimum Gasteiger partial charge on any atom is -0.497 e. The molecule has 2 amide bonds. The highest BCUT2D eigenvalue weighted by atomic mass is 32.2. The summed E-state index contributed by atoms with van der Waals surface area (Å²) in [5, 5.41) is 15.0. The van der Waals surface area contributed by atoms with Gasteiger partial charge in [-0.15, -0.1) is 0 Å². The van der Waals surface area contributed by atoms with Gasteiger partial charge in [-0.25, -0.2) is 13.8 Å². The number of sulfonamides is 1. The van der Waals surface area contributed by atoms with Gasteiger partial charge in [0.1, 0.15) is 24.1 Å². The van der Waals surface area contributed by atoms with Gasteiger partial charge in [-0.1, -0.05) is 0 Å². The van der Waals surface area contributed by atoms with Crippen molar-refractivity contribution < 1.29 is 27.5 Å². The zero-order valence-corrected chi connectivity index (χ0v) is 21.4. The van der Waals surface area contributed by atoms with E-state index in [1.54, 1.807) is 36.4 Å². The van der Waals surface area contributed by atoms with Crippen LogP contribution < -0.4 is 24.5 Å². The second kappa shape index (κ2) is 12.9. The second-order valence-corrected chi connectivity index (χ2v) is 9.59. The molecule has 0 aliphatic rings. The maximum atomic E-state index is 13.5. The first kappa shape index (κ1) is 27.7. The van der Waals surface area contributed by atoms with E-state index in [4.69, 9.17) is 14.7 Å². The van der Waals surface area contributed by atoms with Crippen molar-refractivity contribution in [3.8, 4) is 17.6 Å². The van der Waals surface area contributed by atoms with Crippen molar-refractivity contribution >= 4 is 39.4 Å². The third-order valence-electron chi connectivity index (χ3n) is 5.00. The van der Waals surface area contributed by atoms with Gasteiger partial charge < -0.3 is 14.8 Å². The molecule has 0 unspecified atom stereocenters. The molecule has 196 valence electrons. The van der Waals surface area contributed by atoms with E-state index >= 15 is 0 Å². The van der Waals surface area contributed by atoms with E-state index in [1.807, 2.05) is 6.07 Å². The first-order chi connectivity index (χ1) is 18.2. The molecule has 0 aliphatic heterocycles. The van der Waals surface area contributed by atoms with Gasteiger partial charge in [-0.2, -0.15) is 10.4 Å². The van der Waals surface area contributed by atoms with Crippen molar-refractivity contribution in [2.45, 2.75) is 11.8 Å². The SMILES string of the molecule is COc1ccc(N(CC(=O)N/N=C\c2ccc(OCC#N)cc2)S(=O)(=O)c2ccc(NC(C)=O)cc2)cc1. The molecule has 0 aliphatic carbocycles. The van der Waals surface area contributed by atoms with E-state index in [0.29, 0.717) is 22.7 Å². The lowest BCUT2D eigenvalue weighted by atomic mass is 10.2. The van der Waals surface area contributed by atoms with Gasteiger partial charge in [0.15, 0.2) is 6.61 Å². The topological polar surface area (TPSA) is 150 Å². The molecule has 3 aromatic carbocycles. The first-order valence-electron chi connectivity index (χ1n) is 11.2. The molecule has 0 aromatic heterocycles. The van der Waals surface area contributed by atoms with Crippen molar-refractivity contribution in [1.29, 1.82) is 5.26 Å². The van der Waals surface area contributed by atoms with E-state index in [2.05, 4.69) is 15.8 Å². The second-order valence-electron chi connectivity index (χ2n) is 7.72. The zero-order valence-electron chi connectivity index (χ0n) is 20.6. The maximum Gasteiger partial charge on any atom is 0.264 e. The fourth-order valence-corrected chi connectivity index (χ4v) is 4.64. The highest BCUT2D eigenvalue weighted by Crippen LogP contribution is 2.26. The van der Waals surface area contributed by atoms with Crippen LogP contribution in [-0.4, -0.2) is 46.7 Å². The predicted octanol–water partition coefficient (Wildman–Crippen LogP) is 2.90. The van der Waals surface area contributed by atoms with Crippen LogP contribution in [0.4, 0.5) is 11.4 Å². The van der Waals surface area contributed by atoms with Crippen LogP contribution in [-0.2, 0) is 19.6 Å². The van der Waals surface area contributed by atoms with Crippen LogP contribution in [0, 0.1) is 11.3 Å². The van der Waals surface area contributed by atoms with Crippen molar-refractivity contribution in [3.63, 3.8) is 0 Å².